The third-order valence-electron chi connectivity index (χ3n) is 4.17. The first-order chi connectivity index (χ1) is 14.7. The van der Waals surface area contributed by atoms with Crippen LogP contribution in [0, 0.1) is 10.8 Å². The van der Waals surface area contributed by atoms with Gasteiger partial charge in [0.25, 0.3) is 0 Å². The molecule has 0 aromatic rings. The molecule has 0 saturated carbocycles. The molecule has 0 saturated heterocycles. The summed E-state index contributed by atoms with van der Waals surface area (Å²) in [6, 6.07) is 0. The molecule has 32 heavy (non-hydrogen) atoms. The van der Waals surface area contributed by atoms with Gasteiger partial charge in [-0.2, -0.15) is 0 Å². The van der Waals surface area contributed by atoms with Crippen molar-refractivity contribution in [3.63, 3.8) is 0 Å². The normalized spacial score (nSPS) is 10.6. The molecule has 0 heterocycles. The lowest BCUT2D eigenvalue weighted by molar-refractivity contribution is -0.389. The van der Waals surface area contributed by atoms with Crippen molar-refractivity contribution >= 4 is 23.8 Å². The molecule has 0 aliphatic rings. The number of amides is 2. The second kappa shape index (κ2) is 19.4. The summed E-state index contributed by atoms with van der Waals surface area (Å²) in [6.07, 6.45) is 1.89. The molecule has 0 radical (unpaired) electrons. The fraction of sp³-hybridized carbons (Fsp3) is 0.800. The summed E-state index contributed by atoms with van der Waals surface area (Å²) < 4.78 is 0. The van der Waals surface area contributed by atoms with E-state index in [4.69, 9.17) is 30.0 Å². The van der Waals surface area contributed by atoms with Crippen LogP contribution in [0.15, 0.2) is 0 Å². The van der Waals surface area contributed by atoms with Crippen LogP contribution in [-0.4, -0.2) is 73.4 Å². The van der Waals surface area contributed by atoms with Gasteiger partial charge in [-0.3, -0.25) is 9.59 Å². The fourth-order valence-electron chi connectivity index (χ4n) is 1.51. The Hall–Kier alpha value is -2.28. The first-order valence-electron chi connectivity index (χ1n) is 10.4. The zero-order chi connectivity index (χ0) is 25.8. The highest BCUT2D eigenvalue weighted by Crippen LogP contribution is 2.09. The molecule has 0 aliphatic heterocycles. The smallest absolute Gasteiger partial charge is 0.220 e. The number of aliphatic hydroxyl groups excluding tert-OH is 2. The molecule has 0 aromatic heterocycles. The molecule has 0 unspecified atom stereocenters. The predicted octanol–water partition coefficient (Wildman–Crippen LogP) is -5.23. The number of aliphatic carboxylic acids is 2. The number of aliphatic hydroxyl groups is 2. The van der Waals surface area contributed by atoms with Crippen molar-refractivity contribution < 1.29 is 51.1 Å². The molecule has 2 amide bonds. The molecular formula is C20H42N4O8. The minimum atomic E-state index is -2.19. The number of nitrogens with one attached hydrogen (secondary N) is 2. The van der Waals surface area contributed by atoms with E-state index in [0.717, 1.165) is 13.1 Å². The number of quaternary nitrogens is 2. The standard InChI is InChI=1S/2C9H20N2O2.C2H2O4/c2*1-9(2,6-10)7-11-8(13)4-3-5-12;3-1(4)2(5)6/h2*12H,3-7,10H2,1-2H3,(H,11,13);(H,3,4)(H,5,6). The van der Waals surface area contributed by atoms with Crippen LogP contribution in [0.3, 0.4) is 0 Å². The van der Waals surface area contributed by atoms with Gasteiger partial charge in [-0.15, -0.1) is 0 Å². The van der Waals surface area contributed by atoms with Crippen LogP contribution in [0.4, 0.5) is 0 Å². The van der Waals surface area contributed by atoms with E-state index in [0.29, 0.717) is 38.8 Å². The number of hydrogen-bond donors (Lipinski definition) is 6. The maximum absolute atomic E-state index is 11.1. The van der Waals surface area contributed by atoms with Gasteiger partial charge in [0.05, 0.1) is 25.0 Å². The fourth-order valence-corrected chi connectivity index (χ4v) is 1.51. The first kappa shape index (κ1) is 34.3. The zero-order valence-corrected chi connectivity index (χ0v) is 19.8. The Balaban J connectivity index is -0.000000422. The number of carboxylic acids is 2. The summed E-state index contributed by atoms with van der Waals surface area (Å²) in [7, 11) is 0. The van der Waals surface area contributed by atoms with E-state index >= 15 is 0 Å². The Kier molecular flexibility index (Phi) is 20.8. The molecule has 0 aromatic carbocycles. The number of rotatable bonds is 12. The summed E-state index contributed by atoms with van der Waals surface area (Å²) in [6.45, 7) is 11.3. The zero-order valence-electron chi connectivity index (χ0n) is 19.8. The first-order valence-corrected chi connectivity index (χ1v) is 10.4. The Morgan fingerprint density at radius 1 is 0.719 bits per heavy atom. The molecule has 0 fully saturated rings. The lowest BCUT2D eigenvalue weighted by atomic mass is 9.94. The van der Waals surface area contributed by atoms with Gasteiger partial charge in [0.2, 0.25) is 11.8 Å². The molecule has 190 valence electrons. The molecule has 10 N–H and O–H groups in total. The van der Waals surface area contributed by atoms with Gasteiger partial charge < -0.3 is 52.1 Å². The van der Waals surface area contributed by atoms with Crippen molar-refractivity contribution in [2.75, 3.05) is 39.4 Å². The van der Waals surface area contributed by atoms with Crippen molar-refractivity contribution in [2.45, 2.75) is 53.4 Å². The Morgan fingerprint density at radius 3 is 1.19 bits per heavy atom. The van der Waals surface area contributed by atoms with Crippen LogP contribution < -0.4 is 32.3 Å². The highest BCUT2D eigenvalue weighted by atomic mass is 16.4. The average molecular weight is 467 g/mol. The van der Waals surface area contributed by atoms with Gasteiger partial charge >= 0.3 is 0 Å². The molecule has 0 aliphatic carbocycles. The third-order valence-corrected chi connectivity index (χ3v) is 4.17. The van der Waals surface area contributed by atoms with E-state index in [1.54, 1.807) is 0 Å². The van der Waals surface area contributed by atoms with Crippen molar-refractivity contribution in [3.05, 3.63) is 0 Å². The lowest BCUT2D eigenvalue weighted by Gasteiger charge is -2.20. The largest absolute Gasteiger partial charge is 0.543 e. The van der Waals surface area contributed by atoms with E-state index in [-0.39, 0.29) is 35.9 Å². The molecule has 0 atom stereocenters. The molecule has 12 heteroatoms. The SMILES string of the molecule is CC(C)(C[NH3+])CNC(=O)CCCO.CC(C)(C[NH3+])CNC(=O)CCCO.O=C([O-])C(=O)[O-]. The van der Waals surface area contributed by atoms with E-state index < -0.39 is 11.9 Å². The van der Waals surface area contributed by atoms with Gasteiger partial charge in [-0.25, -0.2) is 0 Å². The Bertz CT molecular complexity index is 506. The second-order valence-electron chi connectivity index (χ2n) is 8.61. The van der Waals surface area contributed by atoms with Crippen molar-refractivity contribution in [1.82, 2.24) is 10.6 Å². The highest BCUT2D eigenvalue weighted by Gasteiger charge is 2.19. The summed E-state index contributed by atoms with van der Waals surface area (Å²) in [4.78, 5) is 40.1. The molecular weight excluding hydrogens is 424 g/mol. The van der Waals surface area contributed by atoms with Crippen LogP contribution >= 0.6 is 0 Å². The molecule has 0 bridgehead atoms. The summed E-state index contributed by atoms with van der Waals surface area (Å²) in [5, 5.41) is 40.5. The van der Waals surface area contributed by atoms with Gasteiger partial charge in [0.1, 0.15) is 0 Å². The molecule has 12 nitrogen and oxygen atoms in total. The maximum atomic E-state index is 11.1. The van der Waals surface area contributed by atoms with Gasteiger partial charge in [-0.05, 0) is 12.8 Å². The Labute approximate surface area is 189 Å². The average Bonchev–Trinajstić information content (AvgIpc) is 2.74. The molecule has 0 spiro atoms. The van der Waals surface area contributed by atoms with Crippen molar-refractivity contribution in [2.24, 2.45) is 10.8 Å². The van der Waals surface area contributed by atoms with Crippen molar-refractivity contribution in [1.29, 1.82) is 0 Å². The number of carbonyl (C=O) groups is 4. The van der Waals surface area contributed by atoms with Gasteiger partial charge in [-0.1, -0.05) is 27.7 Å². The second-order valence-corrected chi connectivity index (χ2v) is 8.61. The van der Waals surface area contributed by atoms with Crippen LogP contribution in [0.1, 0.15) is 53.4 Å². The minimum absolute atomic E-state index is 0.00979. The summed E-state index contributed by atoms with van der Waals surface area (Å²) >= 11 is 0. The van der Waals surface area contributed by atoms with Crippen molar-refractivity contribution in [3.8, 4) is 0 Å². The van der Waals surface area contributed by atoms with E-state index in [1.807, 2.05) is 0 Å². The van der Waals surface area contributed by atoms with Crippen LogP contribution in [0.2, 0.25) is 0 Å². The third kappa shape index (κ3) is 25.8. The number of carbonyl (C=O) groups excluding carboxylic acids is 4. The van der Waals surface area contributed by atoms with Gasteiger partial charge in [0, 0.05) is 50.0 Å². The topological polar surface area (TPSA) is 234 Å². The predicted molar refractivity (Wildman–Crippen MR) is 112 cm³/mol. The van der Waals surface area contributed by atoms with E-state index in [1.165, 1.54) is 0 Å². The van der Waals surface area contributed by atoms with Crippen LogP contribution in [0.25, 0.3) is 0 Å². The summed E-state index contributed by atoms with van der Waals surface area (Å²) in [5.74, 6) is -4.35. The van der Waals surface area contributed by atoms with E-state index in [9.17, 15) is 9.59 Å². The quantitative estimate of drug-likeness (QED) is 0.152. The van der Waals surface area contributed by atoms with Crippen LogP contribution in [-0.2, 0) is 19.2 Å². The van der Waals surface area contributed by atoms with E-state index in [2.05, 4.69) is 49.8 Å². The van der Waals surface area contributed by atoms with Crippen LogP contribution in [0.5, 0.6) is 0 Å². The summed E-state index contributed by atoms with van der Waals surface area (Å²) in [5.41, 5.74) is 7.74. The monoisotopic (exact) mass is 466 g/mol. The number of hydrogen-bond acceptors (Lipinski definition) is 8. The maximum Gasteiger partial charge on any atom is 0.220 e. The van der Waals surface area contributed by atoms with Gasteiger partial charge in [0.15, 0.2) is 0 Å². The Morgan fingerprint density at radius 2 is 1.00 bits per heavy atom. The number of carboxylic acid groups (broad SMARTS) is 2. The molecule has 0 rings (SSSR count). The highest BCUT2D eigenvalue weighted by molar-refractivity contribution is 6.25. The lowest BCUT2D eigenvalue weighted by Crippen LogP contribution is -2.59. The minimum Gasteiger partial charge on any atom is -0.543 e.